The first-order chi connectivity index (χ1) is 12.4. The molecule has 1 fully saturated rings. The lowest BCUT2D eigenvalue weighted by molar-refractivity contribution is -0.233. The van der Waals surface area contributed by atoms with Gasteiger partial charge in [-0.05, 0) is 12.0 Å². The van der Waals surface area contributed by atoms with Crippen LogP contribution < -0.4 is 0 Å². The minimum Gasteiger partial charge on any atom is -0.507 e. The van der Waals surface area contributed by atoms with E-state index in [2.05, 4.69) is 0 Å². The van der Waals surface area contributed by atoms with Crippen molar-refractivity contribution >= 4 is 11.4 Å². The van der Waals surface area contributed by atoms with Gasteiger partial charge in [0.2, 0.25) is 0 Å². The highest BCUT2D eigenvalue weighted by molar-refractivity contribution is 6.23. The van der Waals surface area contributed by atoms with Gasteiger partial charge in [0, 0.05) is 24.0 Å². The molecule has 0 saturated carbocycles. The summed E-state index contributed by atoms with van der Waals surface area (Å²) in [6.45, 7) is -0.537. The molecule has 140 valence electrons. The fourth-order valence-electron chi connectivity index (χ4n) is 3.33. The molecule has 4 atom stereocenters. The topological polar surface area (TPSA) is 127 Å². The summed E-state index contributed by atoms with van der Waals surface area (Å²) in [4.78, 5) is 12.0. The van der Waals surface area contributed by atoms with Crippen LogP contribution >= 0.6 is 0 Å². The second-order valence-corrected chi connectivity index (χ2v) is 6.57. The molecule has 1 aromatic carbocycles. The average molecular weight is 362 g/mol. The number of Topliss-reactive ketones (excluding diaryl/α,β-unsaturated/α-hetero) is 1. The zero-order valence-electron chi connectivity index (χ0n) is 14.1. The van der Waals surface area contributed by atoms with Crippen LogP contribution in [-0.2, 0) is 16.0 Å². The van der Waals surface area contributed by atoms with Gasteiger partial charge < -0.3 is 30.3 Å². The molecule has 1 heterocycles. The quantitative estimate of drug-likeness (QED) is 0.500. The van der Waals surface area contributed by atoms with Crippen LogP contribution in [0.1, 0.15) is 24.0 Å². The van der Waals surface area contributed by atoms with Gasteiger partial charge in [0.05, 0.1) is 6.61 Å². The lowest BCUT2D eigenvalue weighted by Crippen LogP contribution is -2.43. The Bertz CT molecular complexity index is 754. The molecule has 1 saturated heterocycles. The Kier molecular flexibility index (Phi) is 5.27. The standard InChI is InChI=1S/C19H22O7/c20-10-15-17(23)18(24)19(25,26-15)9-8-11-4-3-6-13(16(11)22)12-5-1-2-7-14(12)21/h1-6,15,17-18,20,22-25H,7-10H2/t15-,17+,18-,19-/m1/s1. The van der Waals surface area contributed by atoms with Gasteiger partial charge in [-0.2, -0.15) is 0 Å². The molecule has 0 spiro atoms. The normalized spacial score (nSPS) is 31.3. The molecule has 26 heavy (non-hydrogen) atoms. The number of aliphatic hydroxyl groups excluding tert-OH is 3. The summed E-state index contributed by atoms with van der Waals surface area (Å²) >= 11 is 0. The summed E-state index contributed by atoms with van der Waals surface area (Å²) in [6, 6.07) is 4.98. The number of aryl methyl sites for hydroxylation is 1. The number of hydrogen-bond acceptors (Lipinski definition) is 7. The summed E-state index contributed by atoms with van der Waals surface area (Å²) in [5.74, 6) is -2.20. The Morgan fingerprint density at radius 2 is 2.04 bits per heavy atom. The van der Waals surface area contributed by atoms with Crippen molar-refractivity contribution < 1.29 is 35.1 Å². The number of aromatic hydroxyl groups is 1. The van der Waals surface area contributed by atoms with Crippen molar-refractivity contribution in [2.45, 2.75) is 43.4 Å². The van der Waals surface area contributed by atoms with Gasteiger partial charge in [-0.3, -0.25) is 4.79 Å². The number of aliphatic hydroxyl groups is 4. The first kappa shape index (κ1) is 18.8. The van der Waals surface area contributed by atoms with Crippen LogP contribution in [0.4, 0.5) is 0 Å². The Morgan fingerprint density at radius 3 is 2.69 bits per heavy atom. The predicted molar refractivity (Wildman–Crippen MR) is 92.1 cm³/mol. The van der Waals surface area contributed by atoms with E-state index >= 15 is 0 Å². The SMILES string of the molecule is O=C1CC=CC=C1c1cccc(CC[C@@]2(O)O[C@H](CO)[C@H](O)[C@H]2O)c1O. The van der Waals surface area contributed by atoms with E-state index in [9.17, 15) is 25.2 Å². The summed E-state index contributed by atoms with van der Waals surface area (Å²) < 4.78 is 5.20. The fourth-order valence-corrected chi connectivity index (χ4v) is 3.33. The van der Waals surface area contributed by atoms with E-state index in [-0.39, 0.29) is 30.8 Å². The van der Waals surface area contributed by atoms with Crippen molar-refractivity contribution in [1.29, 1.82) is 0 Å². The molecular weight excluding hydrogens is 340 g/mol. The van der Waals surface area contributed by atoms with Crippen LogP contribution in [-0.4, -0.2) is 62.0 Å². The monoisotopic (exact) mass is 362 g/mol. The Labute approximate surface area is 150 Å². The maximum atomic E-state index is 12.0. The Hall–Kier alpha value is -2.03. The van der Waals surface area contributed by atoms with Crippen molar-refractivity contribution in [3.8, 4) is 5.75 Å². The highest BCUT2D eigenvalue weighted by Crippen LogP contribution is 2.36. The third-order valence-electron chi connectivity index (χ3n) is 4.87. The van der Waals surface area contributed by atoms with Gasteiger partial charge in [-0.15, -0.1) is 0 Å². The fraction of sp³-hybridized carbons (Fsp3) is 0.421. The average Bonchev–Trinajstić information content (AvgIpc) is 2.86. The van der Waals surface area contributed by atoms with E-state index in [1.165, 1.54) is 0 Å². The van der Waals surface area contributed by atoms with Gasteiger partial charge in [0.25, 0.3) is 0 Å². The highest BCUT2D eigenvalue weighted by Gasteiger charge is 2.52. The number of phenols is 1. The zero-order valence-corrected chi connectivity index (χ0v) is 14.1. The second-order valence-electron chi connectivity index (χ2n) is 6.57. The maximum Gasteiger partial charge on any atom is 0.195 e. The number of phenolic OH excluding ortho intramolecular Hbond substituents is 1. The molecule has 5 N–H and O–H groups in total. The van der Waals surface area contributed by atoms with E-state index < -0.39 is 30.7 Å². The summed E-state index contributed by atoms with van der Waals surface area (Å²) in [5.41, 5.74) is 1.29. The van der Waals surface area contributed by atoms with Crippen LogP contribution in [0.3, 0.4) is 0 Å². The largest absolute Gasteiger partial charge is 0.507 e. The minimum absolute atomic E-state index is 0.0715. The molecule has 0 radical (unpaired) electrons. The molecular formula is C19H22O7. The Balaban J connectivity index is 1.79. The number of carbonyl (C=O) groups is 1. The van der Waals surface area contributed by atoms with Crippen LogP contribution in [0, 0.1) is 0 Å². The van der Waals surface area contributed by atoms with Crippen LogP contribution in [0.25, 0.3) is 5.57 Å². The molecule has 7 heteroatoms. The molecule has 0 unspecified atom stereocenters. The minimum atomic E-state index is -2.03. The lowest BCUT2D eigenvalue weighted by atomic mass is 9.91. The number of benzene rings is 1. The number of ether oxygens (including phenoxy) is 1. The third kappa shape index (κ3) is 3.32. The maximum absolute atomic E-state index is 12.0. The second kappa shape index (κ2) is 7.30. The number of rotatable bonds is 5. The summed E-state index contributed by atoms with van der Waals surface area (Å²) in [5, 5.41) is 49.9. The Morgan fingerprint density at radius 1 is 1.27 bits per heavy atom. The molecule has 1 aliphatic carbocycles. The smallest absolute Gasteiger partial charge is 0.195 e. The number of allylic oxidation sites excluding steroid dienone is 4. The van der Waals surface area contributed by atoms with Gasteiger partial charge >= 0.3 is 0 Å². The van der Waals surface area contributed by atoms with Crippen molar-refractivity contribution in [3.05, 3.63) is 47.6 Å². The molecule has 1 aliphatic heterocycles. The zero-order chi connectivity index (χ0) is 18.9. The van der Waals surface area contributed by atoms with Gasteiger partial charge in [-0.1, -0.05) is 36.4 Å². The molecule has 3 rings (SSSR count). The van der Waals surface area contributed by atoms with Crippen molar-refractivity contribution in [2.24, 2.45) is 0 Å². The molecule has 7 nitrogen and oxygen atoms in total. The van der Waals surface area contributed by atoms with Gasteiger partial charge in [-0.25, -0.2) is 0 Å². The van der Waals surface area contributed by atoms with E-state index in [0.717, 1.165) is 0 Å². The van der Waals surface area contributed by atoms with E-state index in [4.69, 9.17) is 9.84 Å². The molecule has 1 aromatic rings. The van der Waals surface area contributed by atoms with Crippen LogP contribution in [0.15, 0.2) is 36.4 Å². The number of carbonyl (C=O) groups excluding carboxylic acids is 1. The number of hydrogen-bond donors (Lipinski definition) is 5. The van der Waals surface area contributed by atoms with Crippen molar-refractivity contribution in [1.82, 2.24) is 0 Å². The summed E-state index contributed by atoms with van der Waals surface area (Å²) in [6.07, 6.45) is 1.39. The summed E-state index contributed by atoms with van der Waals surface area (Å²) in [7, 11) is 0. The number of para-hydroxylation sites is 1. The molecule has 0 bridgehead atoms. The van der Waals surface area contributed by atoms with E-state index in [1.807, 2.05) is 0 Å². The van der Waals surface area contributed by atoms with Crippen molar-refractivity contribution in [3.63, 3.8) is 0 Å². The van der Waals surface area contributed by atoms with E-state index in [0.29, 0.717) is 16.7 Å². The molecule has 2 aliphatic rings. The van der Waals surface area contributed by atoms with Crippen LogP contribution in [0.5, 0.6) is 5.75 Å². The van der Waals surface area contributed by atoms with Gasteiger partial charge in [0.1, 0.15) is 24.1 Å². The lowest BCUT2D eigenvalue weighted by Gasteiger charge is -2.26. The van der Waals surface area contributed by atoms with Crippen LogP contribution in [0.2, 0.25) is 0 Å². The van der Waals surface area contributed by atoms with E-state index in [1.54, 1.807) is 36.4 Å². The van der Waals surface area contributed by atoms with Gasteiger partial charge in [0.15, 0.2) is 11.6 Å². The molecule has 0 aromatic heterocycles. The first-order valence-corrected chi connectivity index (χ1v) is 8.46. The number of ketones is 1. The predicted octanol–water partition coefficient (Wildman–Crippen LogP) is 0.0387. The first-order valence-electron chi connectivity index (χ1n) is 8.46. The molecule has 0 amide bonds. The third-order valence-corrected chi connectivity index (χ3v) is 4.87. The van der Waals surface area contributed by atoms with Crippen molar-refractivity contribution in [2.75, 3.05) is 6.61 Å². The highest BCUT2D eigenvalue weighted by atomic mass is 16.7.